The van der Waals surface area contributed by atoms with Crippen molar-refractivity contribution < 1.29 is 29.4 Å². The number of hydrogen-bond acceptors (Lipinski definition) is 2. The van der Waals surface area contributed by atoms with Crippen molar-refractivity contribution in [3.05, 3.63) is 47.6 Å². The van der Waals surface area contributed by atoms with Crippen molar-refractivity contribution in [3.63, 3.8) is 0 Å². The van der Waals surface area contributed by atoms with Gasteiger partial charge in [0.15, 0.2) is 0 Å². The van der Waals surface area contributed by atoms with Crippen LogP contribution in [0.5, 0.6) is 0 Å². The van der Waals surface area contributed by atoms with E-state index in [2.05, 4.69) is 60.8 Å². The molecule has 0 aromatic rings. The fourth-order valence-corrected chi connectivity index (χ4v) is 2.79. The number of allylic oxidation sites excluding steroid dienone is 8. The molecule has 0 aromatic heterocycles. The van der Waals surface area contributed by atoms with E-state index in [0.29, 0.717) is 31.0 Å². The van der Waals surface area contributed by atoms with Crippen LogP contribution >= 0.6 is 0 Å². The van der Waals surface area contributed by atoms with E-state index in [1.807, 2.05) is 0 Å². The van der Waals surface area contributed by atoms with Gasteiger partial charge in [0.1, 0.15) is 0 Å². The van der Waals surface area contributed by atoms with Gasteiger partial charge >= 0.3 is 29.6 Å². The summed E-state index contributed by atoms with van der Waals surface area (Å²) in [6.07, 6.45) is 18.9. The summed E-state index contributed by atoms with van der Waals surface area (Å²) in [4.78, 5) is 0. The van der Waals surface area contributed by atoms with Crippen LogP contribution in [0.1, 0.15) is 52.4 Å². The van der Waals surface area contributed by atoms with Crippen LogP contribution in [-0.4, -0.2) is 13.2 Å². The van der Waals surface area contributed by atoms with Crippen molar-refractivity contribution in [3.8, 4) is 0 Å². The second-order valence-corrected chi connectivity index (χ2v) is 8.58. The quantitative estimate of drug-likeness (QED) is 0.584. The Morgan fingerprint density at radius 2 is 1.20 bits per heavy atom. The third kappa shape index (κ3) is 14.4. The fraction of sp³-hybridized carbons (Fsp3) is 0.636. The SMILES string of the molecule is CC(CC[O-])CC1=CC=CC1.CC(CC[O-])CC1=CC=CC1.[CH3][Ti+2][CH3]. The van der Waals surface area contributed by atoms with Crippen molar-refractivity contribution in [1.29, 1.82) is 0 Å². The van der Waals surface area contributed by atoms with Crippen molar-refractivity contribution in [2.75, 3.05) is 13.2 Å². The molecule has 2 aliphatic carbocycles. The molecule has 140 valence electrons. The Kier molecular flexibility index (Phi) is 16.8. The van der Waals surface area contributed by atoms with Crippen LogP contribution in [-0.2, 0) is 19.2 Å². The van der Waals surface area contributed by atoms with Crippen LogP contribution < -0.4 is 10.2 Å². The van der Waals surface area contributed by atoms with Gasteiger partial charge in [-0.3, -0.25) is 0 Å². The Morgan fingerprint density at radius 3 is 1.44 bits per heavy atom. The zero-order valence-corrected chi connectivity index (χ0v) is 18.2. The number of rotatable bonds is 8. The minimum atomic E-state index is 0.0713. The topological polar surface area (TPSA) is 46.1 Å². The van der Waals surface area contributed by atoms with Gasteiger partial charge in [-0.2, -0.15) is 0 Å². The molecule has 2 nitrogen and oxygen atoms in total. The van der Waals surface area contributed by atoms with Crippen molar-refractivity contribution in [2.45, 2.75) is 62.8 Å². The van der Waals surface area contributed by atoms with Crippen LogP contribution in [0, 0.1) is 11.8 Å². The summed E-state index contributed by atoms with van der Waals surface area (Å²) in [5.41, 5.74) is 2.96. The molecule has 0 aliphatic heterocycles. The first kappa shape index (κ1) is 24.6. The first-order valence-corrected chi connectivity index (χ1v) is 12.6. The number of hydrogen-bond donors (Lipinski definition) is 0. The molecular weight excluding hydrogens is 344 g/mol. The average Bonchev–Trinajstić information content (AvgIpc) is 3.23. The molecule has 3 heteroatoms. The molecule has 0 saturated carbocycles. The molecule has 25 heavy (non-hydrogen) atoms. The van der Waals surface area contributed by atoms with Gasteiger partial charge in [0, 0.05) is 0 Å². The third-order valence-corrected chi connectivity index (χ3v) is 4.14. The summed E-state index contributed by atoms with van der Waals surface area (Å²) in [5.74, 6) is 1.14. The van der Waals surface area contributed by atoms with Crippen molar-refractivity contribution >= 4 is 0 Å². The van der Waals surface area contributed by atoms with Crippen LogP contribution in [0.4, 0.5) is 0 Å². The maximum atomic E-state index is 10.3. The molecule has 0 radical (unpaired) electrons. The van der Waals surface area contributed by atoms with Gasteiger partial charge in [-0.15, -0.1) is 13.2 Å². The predicted octanol–water partition coefficient (Wildman–Crippen LogP) is 4.46. The average molecular weight is 380 g/mol. The molecule has 2 rings (SSSR count). The van der Waals surface area contributed by atoms with E-state index in [4.69, 9.17) is 0 Å². The fourth-order valence-electron chi connectivity index (χ4n) is 2.79. The minimum absolute atomic E-state index is 0.0713. The first-order valence-electron chi connectivity index (χ1n) is 9.51. The monoisotopic (exact) mass is 380 g/mol. The zero-order valence-electron chi connectivity index (χ0n) is 16.6. The van der Waals surface area contributed by atoms with Gasteiger partial charge in [-0.1, -0.05) is 74.3 Å². The van der Waals surface area contributed by atoms with Crippen LogP contribution in [0.15, 0.2) is 47.6 Å². The van der Waals surface area contributed by atoms with E-state index in [1.165, 1.54) is 11.1 Å². The Bertz CT molecular complexity index is 395. The first-order chi connectivity index (χ1) is 12.1. The molecule has 0 N–H and O–H groups in total. The van der Waals surface area contributed by atoms with Gasteiger partial charge in [-0.25, -0.2) is 0 Å². The van der Waals surface area contributed by atoms with E-state index in [9.17, 15) is 10.2 Å². The standard InChI is InChI=1S/2C10H15O.2CH3.Ti/c2*1-9(6-7-11)8-10-4-2-3-5-10;;;/h2*2-4,9H,5-8H2,1H3;2*1H3;/q2*-1;;;+2. The maximum absolute atomic E-state index is 10.3. The molecule has 2 unspecified atom stereocenters. The predicted molar refractivity (Wildman–Crippen MR) is 102 cm³/mol. The van der Waals surface area contributed by atoms with E-state index < -0.39 is 0 Å². The second-order valence-electron chi connectivity index (χ2n) is 7.02. The molecule has 0 aromatic carbocycles. The summed E-state index contributed by atoms with van der Waals surface area (Å²) < 4.78 is 0. The van der Waals surface area contributed by atoms with E-state index in [0.717, 1.165) is 38.5 Å². The van der Waals surface area contributed by atoms with Gasteiger partial charge in [0.05, 0.1) is 0 Å². The van der Waals surface area contributed by atoms with Crippen molar-refractivity contribution in [1.82, 2.24) is 0 Å². The van der Waals surface area contributed by atoms with Gasteiger partial charge in [0.25, 0.3) is 0 Å². The van der Waals surface area contributed by atoms with Crippen LogP contribution in [0.3, 0.4) is 0 Å². The molecular formula is C22H36O2Ti. The van der Waals surface area contributed by atoms with E-state index in [-0.39, 0.29) is 13.2 Å². The molecule has 2 aliphatic rings. The van der Waals surface area contributed by atoms with Crippen LogP contribution in [0.2, 0.25) is 10.5 Å². The normalized spacial score (nSPS) is 16.7. The van der Waals surface area contributed by atoms with E-state index >= 15 is 0 Å². The third-order valence-electron chi connectivity index (χ3n) is 4.14. The van der Waals surface area contributed by atoms with E-state index in [1.54, 1.807) is 0 Å². The molecule has 0 spiro atoms. The van der Waals surface area contributed by atoms with Gasteiger partial charge in [-0.05, 0) is 37.5 Å². The molecule has 0 saturated heterocycles. The molecule has 0 fully saturated rings. The molecule has 0 heterocycles. The summed E-state index contributed by atoms with van der Waals surface area (Å²) in [6.45, 7) is 4.44. The molecule has 0 amide bonds. The summed E-state index contributed by atoms with van der Waals surface area (Å²) in [7, 11) is 0. The Balaban J connectivity index is 0.000000399. The zero-order chi connectivity index (χ0) is 18.9. The molecule has 2 atom stereocenters. The van der Waals surface area contributed by atoms with Gasteiger partial charge in [0.2, 0.25) is 0 Å². The Morgan fingerprint density at radius 1 is 0.840 bits per heavy atom. The summed E-state index contributed by atoms with van der Waals surface area (Å²) in [6, 6.07) is 0. The second kappa shape index (κ2) is 17.0. The van der Waals surface area contributed by atoms with Crippen LogP contribution in [0.25, 0.3) is 0 Å². The Hall–Kier alpha value is -0.406. The summed E-state index contributed by atoms with van der Waals surface area (Å²) >= 11 is 0.500. The van der Waals surface area contributed by atoms with Crippen molar-refractivity contribution in [2.24, 2.45) is 11.8 Å². The Labute approximate surface area is 164 Å². The van der Waals surface area contributed by atoms with Gasteiger partial charge < -0.3 is 10.2 Å². The summed E-state index contributed by atoms with van der Waals surface area (Å²) in [5, 5.41) is 25.1. The molecule has 0 bridgehead atoms.